The average Bonchev–Trinajstić information content (AvgIpc) is 3.12. The van der Waals surface area contributed by atoms with Gasteiger partial charge in [0, 0.05) is 37.3 Å². The third kappa shape index (κ3) is 4.39. The van der Waals surface area contributed by atoms with Crippen LogP contribution < -0.4 is 10.6 Å². The van der Waals surface area contributed by atoms with E-state index >= 15 is 0 Å². The van der Waals surface area contributed by atoms with Crippen molar-refractivity contribution in [2.24, 2.45) is 5.41 Å². The van der Waals surface area contributed by atoms with E-state index in [4.69, 9.17) is 0 Å². The lowest BCUT2D eigenvalue weighted by Gasteiger charge is -2.34. The topological polar surface area (TPSA) is 94.3 Å². The molecule has 0 saturated carbocycles. The molecule has 2 saturated heterocycles. The fourth-order valence-corrected chi connectivity index (χ4v) is 5.76. The highest BCUT2D eigenvalue weighted by Crippen LogP contribution is 2.27. The molecule has 140 valence electrons. The molecular formula is C16H26N4O3S2. The third-order valence-corrected chi connectivity index (χ3v) is 7.81. The van der Waals surface area contributed by atoms with Gasteiger partial charge in [-0.15, -0.1) is 0 Å². The summed E-state index contributed by atoms with van der Waals surface area (Å²) in [6.45, 7) is 5.74. The first-order valence-electron chi connectivity index (χ1n) is 8.66. The van der Waals surface area contributed by atoms with Crippen molar-refractivity contribution in [3.63, 3.8) is 0 Å². The minimum atomic E-state index is -3.52. The smallest absolute Gasteiger partial charge is 0.267 e. The van der Waals surface area contributed by atoms with E-state index in [1.165, 1.54) is 16.6 Å². The van der Waals surface area contributed by atoms with E-state index in [0.29, 0.717) is 25.3 Å². The van der Waals surface area contributed by atoms with Crippen molar-refractivity contribution in [1.29, 1.82) is 0 Å². The van der Waals surface area contributed by atoms with Gasteiger partial charge in [-0.1, -0.05) is 6.92 Å². The Labute approximate surface area is 153 Å². The molecule has 1 aromatic rings. The van der Waals surface area contributed by atoms with E-state index in [1.807, 2.05) is 0 Å². The van der Waals surface area contributed by atoms with Crippen LogP contribution in [0.25, 0.3) is 0 Å². The molecule has 1 aromatic heterocycles. The quantitative estimate of drug-likeness (QED) is 0.698. The first kappa shape index (κ1) is 18.8. The number of sulfonamides is 1. The standard InChI is InChI=1S/C16H26N4O3S2/c1-16(2-4-17-5-3-16)12-19-15(21)14-10-13(11-18-14)25(22,23)20-6-8-24-9-7-20/h10-11,17-18H,2-9,12H2,1H3,(H,19,21). The molecular weight excluding hydrogens is 360 g/mol. The number of nitrogens with one attached hydrogen (secondary N) is 3. The van der Waals surface area contributed by atoms with Gasteiger partial charge in [-0.25, -0.2) is 8.42 Å². The summed E-state index contributed by atoms with van der Waals surface area (Å²) in [5.74, 6) is 1.37. The lowest BCUT2D eigenvalue weighted by molar-refractivity contribution is 0.0918. The van der Waals surface area contributed by atoms with Crippen molar-refractivity contribution in [2.75, 3.05) is 44.2 Å². The minimum Gasteiger partial charge on any atom is -0.356 e. The number of carbonyl (C=O) groups is 1. The number of amides is 1. The van der Waals surface area contributed by atoms with E-state index in [9.17, 15) is 13.2 Å². The van der Waals surface area contributed by atoms with Crippen LogP contribution >= 0.6 is 11.8 Å². The molecule has 0 aliphatic carbocycles. The van der Waals surface area contributed by atoms with Gasteiger partial charge < -0.3 is 15.6 Å². The summed E-state index contributed by atoms with van der Waals surface area (Å²) in [6.07, 6.45) is 3.45. The largest absolute Gasteiger partial charge is 0.356 e. The second-order valence-corrected chi connectivity index (χ2v) is 10.2. The second kappa shape index (κ2) is 7.69. The number of H-pyrrole nitrogens is 1. The summed E-state index contributed by atoms with van der Waals surface area (Å²) in [5.41, 5.74) is 0.385. The predicted octanol–water partition coefficient (Wildman–Crippen LogP) is 0.872. The van der Waals surface area contributed by atoms with Crippen LogP contribution in [-0.4, -0.2) is 67.8 Å². The number of rotatable bonds is 5. The summed E-state index contributed by atoms with van der Waals surface area (Å²) in [6, 6.07) is 1.44. The van der Waals surface area contributed by atoms with Gasteiger partial charge >= 0.3 is 0 Å². The fourth-order valence-electron chi connectivity index (χ4n) is 3.19. The summed E-state index contributed by atoms with van der Waals surface area (Å²) < 4.78 is 26.8. The molecule has 3 N–H and O–H groups in total. The van der Waals surface area contributed by atoms with Gasteiger partial charge in [0.1, 0.15) is 10.6 Å². The molecule has 1 amide bonds. The maximum absolute atomic E-state index is 12.6. The Morgan fingerprint density at radius 3 is 2.68 bits per heavy atom. The number of aromatic amines is 1. The summed E-state index contributed by atoms with van der Waals surface area (Å²) in [4.78, 5) is 15.4. The molecule has 2 fully saturated rings. The van der Waals surface area contributed by atoms with Gasteiger partial charge in [-0.2, -0.15) is 16.1 Å². The van der Waals surface area contributed by atoms with E-state index in [1.54, 1.807) is 11.8 Å². The summed E-state index contributed by atoms with van der Waals surface area (Å²) in [7, 11) is -3.52. The number of piperidine rings is 1. The third-order valence-electron chi connectivity index (χ3n) is 5.00. The van der Waals surface area contributed by atoms with Crippen molar-refractivity contribution >= 4 is 27.7 Å². The molecule has 0 bridgehead atoms. The van der Waals surface area contributed by atoms with E-state index in [2.05, 4.69) is 22.5 Å². The second-order valence-electron chi connectivity index (χ2n) is 7.01. The summed E-state index contributed by atoms with van der Waals surface area (Å²) >= 11 is 1.76. The molecule has 3 rings (SSSR count). The maximum Gasteiger partial charge on any atom is 0.267 e. The molecule has 0 spiro atoms. The number of thioether (sulfide) groups is 1. The minimum absolute atomic E-state index is 0.0911. The van der Waals surface area contributed by atoms with E-state index < -0.39 is 10.0 Å². The maximum atomic E-state index is 12.6. The molecule has 7 nitrogen and oxygen atoms in total. The van der Waals surface area contributed by atoms with Crippen LogP contribution in [0.2, 0.25) is 0 Å². The Bertz CT molecular complexity index is 705. The highest BCUT2D eigenvalue weighted by atomic mass is 32.2. The highest BCUT2D eigenvalue weighted by molar-refractivity contribution is 7.99. The van der Waals surface area contributed by atoms with Crippen LogP contribution in [0.4, 0.5) is 0 Å². The normalized spacial score (nSPS) is 21.8. The Morgan fingerprint density at radius 1 is 1.32 bits per heavy atom. The van der Waals surface area contributed by atoms with Crippen molar-refractivity contribution in [1.82, 2.24) is 19.9 Å². The van der Waals surface area contributed by atoms with Crippen LogP contribution in [0.15, 0.2) is 17.2 Å². The monoisotopic (exact) mass is 386 g/mol. The van der Waals surface area contributed by atoms with E-state index in [0.717, 1.165) is 37.4 Å². The van der Waals surface area contributed by atoms with Gasteiger partial charge in [-0.3, -0.25) is 4.79 Å². The zero-order chi connectivity index (χ0) is 17.9. The molecule has 0 unspecified atom stereocenters. The van der Waals surface area contributed by atoms with Crippen LogP contribution in [-0.2, 0) is 10.0 Å². The van der Waals surface area contributed by atoms with Crippen LogP contribution in [0.1, 0.15) is 30.3 Å². The molecule has 0 atom stereocenters. The van der Waals surface area contributed by atoms with Gasteiger partial charge in [0.25, 0.3) is 5.91 Å². The Balaban J connectivity index is 1.63. The lowest BCUT2D eigenvalue weighted by atomic mass is 9.81. The first-order valence-corrected chi connectivity index (χ1v) is 11.3. The van der Waals surface area contributed by atoms with Gasteiger partial charge in [-0.05, 0) is 37.4 Å². The van der Waals surface area contributed by atoms with Crippen molar-refractivity contribution in [3.8, 4) is 0 Å². The van der Waals surface area contributed by atoms with Crippen LogP contribution in [0.3, 0.4) is 0 Å². The fraction of sp³-hybridized carbons (Fsp3) is 0.688. The first-order chi connectivity index (χ1) is 11.9. The lowest BCUT2D eigenvalue weighted by Crippen LogP contribution is -2.43. The molecule has 9 heteroatoms. The predicted molar refractivity (Wildman–Crippen MR) is 99.4 cm³/mol. The highest BCUT2D eigenvalue weighted by Gasteiger charge is 2.29. The zero-order valence-electron chi connectivity index (χ0n) is 14.5. The Morgan fingerprint density at radius 2 is 2.00 bits per heavy atom. The number of hydrogen-bond donors (Lipinski definition) is 3. The Hall–Kier alpha value is -1.03. The van der Waals surface area contributed by atoms with E-state index in [-0.39, 0.29) is 16.2 Å². The molecule has 2 aliphatic rings. The number of carbonyl (C=O) groups excluding carboxylic acids is 1. The van der Waals surface area contributed by atoms with Gasteiger partial charge in [0.2, 0.25) is 10.0 Å². The number of aromatic nitrogens is 1. The van der Waals surface area contributed by atoms with Crippen LogP contribution in [0.5, 0.6) is 0 Å². The molecule has 0 aromatic carbocycles. The van der Waals surface area contributed by atoms with Crippen molar-refractivity contribution in [3.05, 3.63) is 18.0 Å². The Kier molecular flexibility index (Phi) is 5.77. The zero-order valence-corrected chi connectivity index (χ0v) is 16.1. The van der Waals surface area contributed by atoms with Gasteiger partial charge in [0.05, 0.1) is 0 Å². The molecule has 25 heavy (non-hydrogen) atoms. The van der Waals surface area contributed by atoms with Gasteiger partial charge in [0.15, 0.2) is 0 Å². The number of hydrogen-bond acceptors (Lipinski definition) is 5. The number of nitrogens with zero attached hydrogens (tertiary/aromatic N) is 1. The SMILES string of the molecule is CC1(CNC(=O)c2cc(S(=O)(=O)N3CCSCC3)c[nH]2)CCNCC1. The molecule has 0 radical (unpaired) electrons. The van der Waals surface area contributed by atoms with Crippen molar-refractivity contribution in [2.45, 2.75) is 24.7 Å². The molecule has 2 aliphatic heterocycles. The average molecular weight is 387 g/mol. The molecule has 3 heterocycles. The van der Waals surface area contributed by atoms with Crippen molar-refractivity contribution < 1.29 is 13.2 Å². The van der Waals surface area contributed by atoms with Crippen LogP contribution in [0, 0.1) is 5.41 Å². The summed E-state index contributed by atoms with van der Waals surface area (Å²) in [5, 5.41) is 6.26.